The predicted molar refractivity (Wildman–Crippen MR) is 85.5 cm³/mol. The van der Waals surface area contributed by atoms with Crippen LogP contribution in [0.25, 0.3) is 0 Å². The molecule has 0 saturated carbocycles. The van der Waals surface area contributed by atoms with Gasteiger partial charge in [-0.05, 0) is 33.6 Å². The Bertz CT molecular complexity index is 613. The molecule has 0 heterocycles. The summed E-state index contributed by atoms with van der Waals surface area (Å²) >= 11 is 9.27. The van der Waals surface area contributed by atoms with E-state index in [1.54, 1.807) is 6.07 Å². The average molecular weight is 357 g/mol. The Balaban J connectivity index is 2.45. The van der Waals surface area contributed by atoms with Gasteiger partial charge in [-0.3, -0.25) is 0 Å². The van der Waals surface area contributed by atoms with Crippen LogP contribution < -0.4 is 5.73 Å². The normalized spacial score (nSPS) is 13.3. The molecule has 0 radical (unpaired) electrons. The van der Waals surface area contributed by atoms with Crippen LogP contribution in [-0.2, 0) is 5.41 Å². The molecule has 1 atom stereocenters. The van der Waals surface area contributed by atoms with Crippen LogP contribution in [-0.4, -0.2) is 0 Å². The molecule has 1 unspecified atom stereocenters. The van der Waals surface area contributed by atoms with Gasteiger partial charge in [0.25, 0.3) is 0 Å². The first-order chi connectivity index (χ1) is 9.34. The summed E-state index contributed by atoms with van der Waals surface area (Å²) in [5, 5.41) is 0.459. The summed E-state index contributed by atoms with van der Waals surface area (Å²) in [4.78, 5) is 0. The second-order valence-corrected chi connectivity index (χ2v) is 6.61. The zero-order valence-electron chi connectivity index (χ0n) is 11.3. The molecule has 2 aromatic rings. The van der Waals surface area contributed by atoms with E-state index >= 15 is 0 Å². The standard InChI is InChI=1S/C16H16BrClFN/c1-16(2,10-6-4-3-5-7-10)15(20)11-8-13(18)12(17)9-14(11)19/h3-9,15H,20H2,1-2H3. The molecule has 0 aliphatic rings. The van der Waals surface area contributed by atoms with Crippen LogP contribution in [0.4, 0.5) is 4.39 Å². The van der Waals surface area contributed by atoms with E-state index in [2.05, 4.69) is 15.9 Å². The van der Waals surface area contributed by atoms with Gasteiger partial charge in [0.2, 0.25) is 0 Å². The molecule has 0 spiro atoms. The third kappa shape index (κ3) is 2.90. The molecule has 2 N–H and O–H groups in total. The van der Waals surface area contributed by atoms with E-state index in [0.29, 0.717) is 15.1 Å². The fourth-order valence-corrected chi connectivity index (χ4v) is 2.70. The molecule has 0 aromatic heterocycles. The smallest absolute Gasteiger partial charge is 0.129 e. The van der Waals surface area contributed by atoms with Gasteiger partial charge in [-0.25, -0.2) is 4.39 Å². The molecule has 20 heavy (non-hydrogen) atoms. The molecule has 0 bridgehead atoms. The minimum atomic E-state index is -0.490. The SMILES string of the molecule is CC(C)(c1ccccc1)C(N)c1cc(Cl)c(Br)cc1F. The van der Waals surface area contributed by atoms with Crippen LogP contribution in [0, 0.1) is 5.82 Å². The Hall–Kier alpha value is -0.900. The van der Waals surface area contributed by atoms with Crippen LogP contribution in [0.1, 0.15) is 31.0 Å². The summed E-state index contributed by atoms with van der Waals surface area (Å²) in [5.74, 6) is -0.349. The largest absolute Gasteiger partial charge is 0.323 e. The van der Waals surface area contributed by atoms with Crippen molar-refractivity contribution in [2.24, 2.45) is 5.73 Å². The highest BCUT2D eigenvalue weighted by molar-refractivity contribution is 9.10. The highest BCUT2D eigenvalue weighted by Crippen LogP contribution is 2.38. The van der Waals surface area contributed by atoms with Crippen molar-refractivity contribution in [3.8, 4) is 0 Å². The van der Waals surface area contributed by atoms with Crippen molar-refractivity contribution < 1.29 is 4.39 Å². The Morgan fingerprint density at radius 1 is 1.20 bits per heavy atom. The quantitative estimate of drug-likeness (QED) is 0.750. The lowest BCUT2D eigenvalue weighted by Crippen LogP contribution is -2.33. The molecule has 2 rings (SSSR count). The number of hydrogen-bond acceptors (Lipinski definition) is 1. The van der Waals surface area contributed by atoms with E-state index in [1.165, 1.54) is 6.07 Å². The van der Waals surface area contributed by atoms with E-state index < -0.39 is 11.5 Å². The Kier molecular flexibility index (Phi) is 4.52. The molecule has 106 valence electrons. The maximum Gasteiger partial charge on any atom is 0.129 e. The highest BCUT2D eigenvalue weighted by atomic mass is 79.9. The van der Waals surface area contributed by atoms with Crippen molar-refractivity contribution >= 4 is 27.5 Å². The van der Waals surface area contributed by atoms with Gasteiger partial charge in [0.05, 0.1) is 5.02 Å². The monoisotopic (exact) mass is 355 g/mol. The maximum atomic E-state index is 14.2. The lowest BCUT2D eigenvalue weighted by molar-refractivity contribution is 0.407. The van der Waals surface area contributed by atoms with Gasteiger partial charge in [0.15, 0.2) is 0 Å². The second kappa shape index (κ2) is 5.84. The van der Waals surface area contributed by atoms with Crippen LogP contribution in [0.3, 0.4) is 0 Å². The molecule has 1 nitrogen and oxygen atoms in total. The van der Waals surface area contributed by atoms with Gasteiger partial charge in [0.1, 0.15) is 5.82 Å². The van der Waals surface area contributed by atoms with Gasteiger partial charge in [-0.2, -0.15) is 0 Å². The molecule has 0 aliphatic heterocycles. The highest BCUT2D eigenvalue weighted by Gasteiger charge is 2.31. The van der Waals surface area contributed by atoms with Gasteiger partial charge in [-0.15, -0.1) is 0 Å². The maximum absolute atomic E-state index is 14.2. The van der Waals surface area contributed by atoms with Crippen LogP contribution in [0.15, 0.2) is 46.9 Å². The van der Waals surface area contributed by atoms with Crippen molar-refractivity contribution in [2.45, 2.75) is 25.3 Å². The molecular formula is C16H16BrClFN. The van der Waals surface area contributed by atoms with E-state index in [0.717, 1.165) is 5.56 Å². The summed E-state index contributed by atoms with van der Waals surface area (Å²) in [5.41, 5.74) is 7.39. The van der Waals surface area contributed by atoms with Gasteiger partial charge < -0.3 is 5.73 Å². The Labute approximate surface area is 132 Å². The minimum absolute atomic E-state index is 0.349. The van der Waals surface area contributed by atoms with E-state index in [4.69, 9.17) is 17.3 Å². The average Bonchev–Trinajstić information content (AvgIpc) is 2.43. The summed E-state index contributed by atoms with van der Waals surface area (Å²) in [6.07, 6.45) is 0. The molecule has 0 saturated heterocycles. The molecule has 4 heteroatoms. The predicted octanol–water partition coefficient (Wildman–Crippen LogP) is 5.22. The van der Waals surface area contributed by atoms with Crippen molar-refractivity contribution in [2.75, 3.05) is 0 Å². The third-order valence-corrected chi connectivity index (χ3v) is 4.87. The Morgan fingerprint density at radius 3 is 2.40 bits per heavy atom. The van der Waals surface area contributed by atoms with Crippen molar-refractivity contribution in [3.05, 3.63) is 68.9 Å². The van der Waals surface area contributed by atoms with Crippen molar-refractivity contribution in [1.29, 1.82) is 0 Å². The Morgan fingerprint density at radius 2 is 1.80 bits per heavy atom. The van der Waals surface area contributed by atoms with Gasteiger partial charge >= 0.3 is 0 Å². The lowest BCUT2D eigenvalue weighted by atomic mass is 9.75. The van der Waals surface area contributed by atoms with E-state index in [-0.39, 0.29) is 5.82 Å². The molecule has 0 amide bonds. The summed E-state index contributed by atoms with van der Waals surface area (Å²) in [6.45, 7) is 4.00. The molecular weight excluding hydrogens is 341 g/mol. The fraction of sp³-hybridized carbons (Fsp3) is 0.250. The fourth-order valence-electron chi connectivity index (χ4n) is 2.21. The summed E-state index contributed by atoms with van der Waals surface area (Å²) < 4.78 is 14.7. The summed E-state index contributed by atoms with van der Waals surface area (Å²) in [7, 11) is 0. The van der Waals surface area contributed by atoms with Crippen molar-refractivity contribution in [3.63, 3.8) is 0 Å². The van der Waals surface area contributed by atoms with E-state index in [1.807, 2.05) is 44.2 Å². The van der Waals surface area contributed by atoms with Crippen LogP contribution in [0.2, 0.25) is 5.02 Å². The number of halogens is 3. The zero-order valence-corrected chi connectivity index (χ0v) is 13.7. The first kappa shape index (κ1) is 15.5. The number of rotatable bonds is 3. The third-order valence-electron chi connectivity index (χ3n) is 3.67. The van der Waals surface area contributed by atoms with Crippen LogP contribution >= 0.6 is 27.5 Å². The number of benzene rings is 2. The lowest BCUT2D eigenvalue weighted by Gasteiger charge is -2.33. The van der Waals surface area contributed by atoms with E-state index in [9.17, 15) is 4.39 Å². The molecule has 0 aliphatic carbocycles. The van der Waals surface area contributed by atoms with Gasteiger partial charge in [0, 0.05) is 21.5 Å². The number of nitrogens with two attached hydrogens (primary N) is 1. The topological polar surface area (TPSA) is 26.0 Å². The molecule has 2 aromatic carbocycles. The first-order valence-electron chi connectivity index (χ1n) is 6.29. The molecule has 0 fully saturated rings. The zero-order chi connectivity index (χ0) is 14.9. The number of hydrogen-bond donors (Lipinski definition) is 1. The van der Waals surface area contributed by atoms with Crippen molar-refractivity contribution in [1.82, 2.24) is 0 Å². The summed E-state index contributed by atoms with van der Waals surface area (Å²) in [6, 6.07) is 12.3. The van der Waals surface area contributed by atoms with Gasteiger partial charge in [-0.1, -0.05) is 55.8 Å². The first-order valence-corrected chi connectivity index (χ1v) is 7.46. The van der Waals surface area contributed by atoms with Crippen LogP contribution in [0.5, 0.6) is 0 Å². The second-order valence-electron chi connectivity index (χ2n) is 5.35. The minimum Gasteiger partial charge on any atom is -0.323 e.